The number of rotatable bonds is 5. The van der Waals surface area contributed by atoms with Crippen molar-refractivity contribution in [2.75, 3.05) is 13.1 Å². The van der Waals surface area contributed by atoms with Gasteiger partial charge in [-0.1, -0.05) is 58.9 Å². The number of amides is 1. The zero-order valence-corrected chi connectivity index (χ0v) is 18.0. The van der Waals surface area contributed by atoms with E-state index in [1.165, 1.54) is 23.9 Å². The molecule has 2 aromatic carbocycles. The fourth-order valence-electron chi connectivity index (χ4n) is 3.24. The van der Waals surface area contributed by atoms with Crippen molar-refractivity contribution < 1.29 is 14.2 Å². The van der Waals surface area contributed by atoms with Crippen LogP contribution in [-0.4, -0.2) is 39.1 Å². The van der Waals surface area contributed by atoms with Crippen LogP contribution >= 0.6 is 23.4 Å². The van der Waals surface area contributed by atoms with Crippen molar-refractivity contribution in [2.24, 2.45) is 4.99 Å². The van der Waals surface area contributed by atoms with Crippen LogP contribution in [0.4, 0.5) is 5.69 Å². The number of carbonyl (C=O) groups excluding carboxylic acids is 1. The normalized spacial score (nSPS) is 13.4. The van der Waals surface area contributed by atoms with E-state index < -0.39 is 4.92 Å². The summed E-state index contributed by atoms with van der Waals surface area (Å²) in [5.41, 5.74) is 2.16. The molecular weight excluding hydrogens is 440 g/mol. The molecule has 8 nitrogen and oxygen atoms in total. The second-order valence-corrected chi connectivity index (χ2v) is 8.13. The molecule has 1 aliphatic heterocycles. The number of amidine groups is 1. The fraction of sp³-hybridized carbons (Fsp3) is 0.190. The van der Waals surface area contributed by atoms with E-state index >= 15 is 0 Å². The summed E-state index contributed by atoms with van der Waals surface area (Å²) in [6.07, 6.45) is 0. The summed E-state index contributed by atoms with van der Waals surface area (Å²) in [5.74, 6) is 0.580. The highest BCUT2D eigenvalue weighted by atomic mass is 35.5. The van der Waals surface area contributed by atoms with Crippen LogP contribution in [0.2, 0.25) is 5.02 Å². The number of nitrogens with zero attached hydrogens (tertiary/aromatic N) is 4. The predicted octanol–water partition coefficient (Wildman–Crippen LogP) is 4.96. The average Bonchev–Trinajstić information content (AvgIpc) is 3.39. The fourth-order valence-corrected chi connectivity index (χ4v) is 4.46. The molecule has 158 valence electrons. The molecule has 2 heterocycles. The van der Waals surface area contributed by atoms with Crippen LogP contribution in [0, 0.1) is 17.0 Å². The highest BCUT2D eigenvalue weighted by Crippen LogP contribution is 2.33. The molecule has 1 aromatic heterocycles. The summed E-state index contributed by atoms with van der Waals surface area (Å²) < 4.78 is 5.32. The van der Waals surface area contributed by atoms with Crippen molar-refractivity contribution in [1.82, 2.24) is 10.1 Å². The van der Waals surface area contributed by atoms with Crippen LogP contribution in [0.15, 0.2) is 58.0 Å². The molecule has 1 aliphatic rings. The number of carbonyl (C=O) groups is 1. The first kappa shape index (κ1) is 21.1. The van der Waals surface area contributed by atoms with Crippen molar-refractivity contribution in [3.63, 3.8) is 0 Å². The summed E-state index contributed by atoms with van der Waals surface area (Å²) in [6, 6.07) is 13.5. The van der Waals surface area contributed by atoms with Crippen molar-refractivity contribution in [1.29, 1.82) is 0 Å². The summed E-state index contributed by atoms with van der Waals surface area (Å²) in [6.45, 7) is 2.60. The summed E-state index contributed by atoms with van der Waals surface area (Å²) >= 11 is 7.66. The number of aryl methyl sites for hydroxylation is 1. The van der Waals surface area contributed by atoms with E-state index in [0.717, 1.165) is 5.56 Å². The molecule has 0 unspecified atom stereocenters. The number of thioether (sulfide) groups is 1. The van der Waals surface area contributed by atoms with Gasteiger partial charge in [-0.3, -0.25) is 24.8 Å². The zero-order valence-electron chi connectivity index (χ0n) is 16.4. The van der Waals surface area contributed by atoms with Gasteiger partial charge in [0, 0.05) is 30.0 Å². The largest absolute Gasteiger partial charge is 0.360 e. The van der Waals surface area contributed by atoms with Crippen molar-refractivity contribution in [3.05, 3.63) is 80.6 Å². The number of nitro benzene ring substituents is 1. The molecule has 0 bridgehead atoms. The predicted molar refractivity (Wildman–Crippen MR) is 119 cm³/mol. The third-order valence-electron chi connectivity index (χ3n) is 4.74. The quantitative estimate of drug-likeness (QED) is 0.397. The number of aromatic nitrogens is 1. The molecule has 1 amide bonds. The Balaban J connectivity index is 1.55. The van der Waals surface area contributed by atoms with Crippen LogP contribution in [0.5, 0.6) is 0 Å². The maximum atomic E-state index is 13.4. The van der Waals surface area contributed by atoms with Gasteiger partial charge in [0.2, 0.25) is 0 Å². The Kier molecular flexibility index (Phi) is 6.06. The second kappa shape index (κ2) is 8.91. The molecule has 0 N–H and O–H groups in total. The maximum absolute atomic E-state index is 13.4. The van der Waals surface area contributed by atoms with Gasteiger partial charge in [0.25, 0.3) is 11.6 Å². The molecule has 10 heteroatoms. The lowest BCUT2D eigenvalue weighted by Gasteiger charge is -2.18. The van der Waals surface area contributed by atoms with Gasteiger partial charge < -0.3 is 4.52 Å². The number of benzene rings is 2. The minimum atomic E-state index is -0.429. The number of nitro groups is 1. The first-order valence-corrected chi connectivity index (χ1v) is 10.8. The van der Waals surface area contributed by atoms with E-state index in [1.807, 2.05) is 6.07 Å². The highest BCUT2D eigenvalue weighted by molar-refractivity contribution is 8.13. The summed E-state index contributed by atoms with van der Waals surface area (Å²) in [4.78, 5) is 30.0. The molecular formula is C21H17ClN4O4S. The van der Waals surface area contributed by atoms with Crippen molar-refractivity contribution >= 4 is 40.1 Å². The molecule has 3 aromatic rings. The lowest BCUT2D eigenvalue weighted by atomic mass is 10.1. The minimum Gasteiger partial charge on any atom is -0.360 e. The maximum Gasteiger partial charge on any atom is 0.269 e. The minimum absolute atomic E-state index is 0.0314. The SMILES string of the molecule is Cc1onc(-c2ccccc2Cl)c1C(=O)N1CCN=C1SCc1cccc([N+](=O)[O-])c1. The number of non-ortho nitro benzene ring substituents is 1. The second-order valence-electron chi connectivity index (χ2n) is 6.78. The third kappa shape index (κ3) is 4.33. The van der Waals surface area contributed by atoms with E-state index in [1.54, 1.807) is 42.2 Å². The first-order valence-electron chi connectivity index (χ1n) is 9.39. The van der Waals surface area contributed by atoms with Crippen LogP contribution in [-0.2, 0) is 5.75 Å². The topological polar surface area (TPSA) is 102 Å². The van der Waals surface area contributed by atoms with Gasteiger partial charge in [0.1, 0.15) is 17.0 Å². The first-order chi connectivity index (χ1) is 15.0. The van der Waals surface area contributed by atoms with E-state index in [0.29, 0.717) is 51.6 Å². The summed E-state index contributed by atoms with van der Waals surface area (Å²) in [7, 11) is 0. The monoisotopic (exact) mass is 456 g/mol. The van der Waals surface area contributed by atoms with Crippen molar-refractivity contribution in [2.45, 2.75) is 12.7 Å². The molecule has 0 fully saturated rings. The van der Waals surface area contributed by atoms with Gasteiger partial charge in [-0.2, -0.15) is 0 Å². The number of aliphatic imine (C=N–C) groups is 1. The standard InChI is InChI=1S/C21H17ClN4O4S/c1-13-18(19(24-30-13)16-7-2-3-8-17(16)22)20(27)25-10-9-23-21(25)31-12-14-5-4-6-15(11-14)26(28)29/h2-8,11H,9-10,12H2,1H3. The number of hydrogen-bond acceptors (Lipinski definition) is 7. The Morgan fingerprint density at radius 2 is 2.10 bits per heavy atom. The third-order valence-corrected chi connectivity index (χ3v) is 6.16. The molecule has 0 saturated heterocycles. The molecule has 4 rings (SSSR count). The Hall–Kier alpha value is -3.17. The molecule has 0 aliphatic carbocycles. The van der Waals surface area contributed by atoms with Gasteiger partial charge in [-0.05, 0) is 18.6 Å². The molecule has 31 heavy (non-hydrogen) atoms. The van der Waals surface area contributed by atoms with Gasteiger partial charge in [-0.25, -0.2) is 0 Å². The highest BCUT2D eigenvalue weighted by Gasteiger charge is 2.31. The van der Waals surface area contributed by atoms with E-state index in [4.69, 9.17) is 16.1 Å². The number of halogens is 1. The average molecular weight is 457 g/mol. The Morgan fingerprint density at radius 3 is 2.87 bits per heavy atom. The van der Waals surface area contributed by atoms with Gasteiger partial charge >= 0.3 is 0 Å². The molecule has 0 atom stereocenters. The lowest BCUT2D eigenvalue weighted by molar-refractivity contribution is -0.384. The van der Waals surface area contributed by atoms with Crippen LogP contribution in [0.1, 0.15) is 21.7 Å². The van der Waals surface area contributed by atoms with E-state index in [2.05, 4.69) is 10.1 Å². The van der Waals surface area contributed by atoms with Gasteiger partial charge in [0.15, 0.2) is 5.17 Å². The van der Waals surface area contributed by atoms with Crippen molar-refractivity contribution in [3.8, 4) is 11.3 Å². The van der Waals surface area contributed by atoms with Crippen LogP contribution < -0.4 is 0 Å². The van der Waals surface area contributed by atoms with E-state index in [9.17, 15) is 14.9 Å². The van der Waals surface area contributed by atoms with Crippen LogP contribution in [0.3, 0.4) is 0 Å². The zero-order chi connectivity index (χ0) is 22.0. The Labute approximate surface area is 187 Å². The molecule has 0 saturated carbocycles. The van der Waals surface area contributed by atoms with Gasteiger partial charge in [-0.15, -0.1) is 0 Å². The van der Waals surface area contributed by atoms with Gasteiger partial charge in [0.05, 0.1) is 16.5 Å². The molecule has 0 radical (unpaired) electrons. The molecule has 0 spiro atoms. The Morgan fingerprint density at radius 1 is 1.29 bits per heavy atom. The number of hydrogen-bond donors (Lipinski definition) is 0. The van der Waals surface area contributed by atoms with Crippen LogP contribution in [0.25, 0.3) is 11.3 Å². The Bertz CT molecular complexity index is 1190. The lowest BCUT2D eigenvalue weighted by Crippen LogP contribution is -2.33. The summed E-state index contributed by atoms with van der Waals surface area (Å²) in [5, 5.41) is 16.1. The van der Waals surface area contributed by atoms with E-state index in [-0.39, 0.29) is 11.6 Å². The smallest absolute Gasteiger partial charge is 0.269 e.